The summed E-state index contributed by atoms with van der Waals surface area (Å²) < 4.78 is 0. The van der Waals surface area contributed by atoms with Gasteiger partial charge in [-0.05, 0) is 51.5 Å². The summed E-state index contributed by atoms with van der Waals surface area (Å²) in [6.45, 7) is 3.76. The third-order valence-corrected chi connectivity index (χ3v) is 4.41. The molecule has 2 rings (SSSR count). The van der Waals surface area contributed by atoms with Gasteiger partial charge in [-0.2, -0.15) is 5.26 Å². The van der Waals surface area contributed by atoms with Crippen LogP contribution in [-0.4, -0.2) is 47.2 Å². The number of aliphatic hydroxyl groups excluding tert-OH is 1. The van der Waals surface area contributed by atoms with Crippen molar-refractivity contribution < 1.29 is 9.90 Å². The molecule has 0 radical (unpaired) electrons. The maximum atomic E-state index is 12.0. The molecule has 0 aromatic carbocycles. The molecular formula is C14H23N3O2. The molecule has 0 spiro atoms. The number of hydrogen-bond acceptors (Lipinski definition) is 4. The summed E-state index contributed by atoms with van der Waals surface area (Å²) in [6, 6.07) is 2.27. The zero-order valence-corrected chi connectivity index (χ0v) is 11.6. The minimum atomic E-state index is -0.625. The molecule has 2 N–H and O–H groups in total. The maximum Gasteiger partial charge on any atom is 0.235 e. The van der Waals surface area contributed by atoms with Gasteiger partial charge < -0.3 is 10.4 Å². The van der Waals surface area contributed by atoms with Gasteiger partial charge in [0.15, 0.2) is 0 Å². The zero-order chi connectivity index (χ0) is 13.9. The second kappa shape index (κ2) is 5.89. The van der Waals surface area contributed by atoms with Crippen molar-refractivity contribution in [3.05, 3.63) is 0 Å². The summed E-state index contributed by atoms with van der Waals surface area (Å²) >= 11 is 0. The Bertz CT molecular complexity index is 369. The quantitative estimate of drug-likeness (QED) is 0.782. The molecule has 5 heteroatoms. The fourth-order valence-electron chi connectivity index (χ4n) is 3.15. The van der Waals surface area contributed by atoms with Crippen molar-refractivity contribution in [1.82, 2.24) is 10.2 Å². The Morgan fingerprint density at radius 2 is 2.26 bits per heavy atom. The monoisotopic (exact) mass is 265 g/mol. The van der Waals surface area contributed by atoms with E-state index in [1.165, 1.54) is 0 Å². The summed E-state index contributed by atoms with van der Waals surface area (Å²) in [5, 5.41) is 21.7. The molecule has 2 aliphatic rings. The average molecular weight is 265 g/mol. The fraction of sp³-hybridized carbons (Fsp3) is 0.857. The number of carbonyl (C=O) groups is 1. The summed E-state index contributed by atoms with van der Waals surface area (Å²) in [5.74, 6) is 0.207. The van der Waals surface area contributed by atoms with E-state index in [0.29, 0.717) is 6.54 Å². The summed E-state index contributed by atoms with van der Waals surface area (Å²) in [4.78, 5) is 14.1. The van der Waals surface area contributed by atoms with E-state index in [-0.39, 0.29) is 17.9 Å². The third kappa shape index (κ3) is 3.46. The second-order valence-corrected chi connectivity index (χ2v) is 5.97. The summed E-state index contributed by atoms with van der Waals surface area (Å²) in [5.41, 5.74) is -0.625. The fourth-order valence-corrected chi connectivity index (χ4v) is 3.15. The van der Waals surface area contributed by atoms with Crippen LogP contribution in [0.2, 0.25) is 0 Å². The highest BCUT2D eigenvalue weighted by Gasteiger charge is 2.36. The standard InChI is InChI=1S/C14H23N3O2/c1-11(18)12-4-7-17(8-12)9-13(19)16-14(10-15)5-2-3-6-14/h11-12,18H,2-9H2,1H3,(H,16,19). The van der Waals surface area contributed by atoms with Gasteiger partial charge in [-0.3, -0.25) is 9.69 Å². The van der Waals surface area contributed by atoms with Crippen molar-refractivity contribution in [2.45, 2.75) is 50.7 Å². The number of carbonyl (C=O) groups excluding carboxylic acids is 1. The molecule has 1 amide bonds. The zero-order valence-electron chi connectivity index (χ0n) is 11.6. The number of aliphatic hydroxyl groups is 1. The van der Waals surface area contributed by atoms with Crippen LogP contribution in [0, 0.1) is 17.2 Å². The third-order valence-electron chi connectivity index (χ3n) is 4.41. The van der Waals surface area contributed by atoms with Gasteiger partial charge in [-0.15, -0.1) is 0 Å². The lowest BCUT2D eigenvalue weighted by Gasteiger charge is -2.24. The second-order valence-electron chi connectivity index (χ2n) is 5.97. The number of likely N-dealkylation sites (tertiary alicyclic amines) is 1. The summed E-state index contributed by atoms with van der Waals surface area (Å²) in [6.07, 6.45) is 4.20. The minimum Gasteiger partial charge on any atom is -0.393 e. The number of rotatable bonds is 4. The first-order chi connectivity index (χ1) is 9.04. The smallest absolute Gasteiger partial charge is 0.235 e. The van der Waals surface area contributed by atoms with E-state index in [1.807, 2.05) is 0 Å². The topological polar surface area (TPSA) is 76.4 Å². The highest BCUT2D eigenvalue weighted by molar-refractivity contribution is 5.79. The molecule has 0 aromatic heterocycles. The van der Waals surface area contributed by atoms with Crippen LogP contribution in [0.15, 0.2) is 0 Å². The lowest BCUT2D eigenvalue weighted by molar-refractivity contribution is -0.123. The van der Waals surface area contributed by atoms with Crippen molar-refractivity contribution in [1.29, 1.82) is 5.26 Å². The molecule has 2 unspecified atom stereocenters. The van der Waals surface area contributed by atoms with Crippen molar-refractivity contribution >= 4 is 5.91 Å². The first kappa shape index (κ1) is 14.3. The van der Waals surface area contributed by atoms with Gasteiger partial charge in [0.25, 0.3) is 0 Å². The molecule has 1 saturated carbocycles. The predicted molar refractivity (Wildman–Crippen MR) is 71.2 cm³/mol. The van der Waals surface area contributed by atoms with Gasteiger partial charge in [0.05, 0.1) is 18.7 Å². The Labute approximate surface area is 114 Å². The first-order valence-corrected chi connectivity index (χ1v) is 7.17. The molecular weight excluding hydrogens is 242 g/mol. The number of nitrogens with one attached hydrogen (secondary N) is 1. The number of amides is 1. The predicted octanol–water partition coefficient (Wildman–Crippen LogP) is 0.642. The molecule has 0 bridgehead atoms. The van der Waals surface area contributed by atoms with Crippen LogP contribution in [0.25, 0.3) is 0 Å². The minimum absolute atomic E-state index is 0.0605. The van der Waals surface area contributed by atoms with Gasteiger partial charge >= 0.3 is 0 Å². The molecule has 1 saturated heterocycles. The van der Waals surface area contributed by atoms with Crippen LogP contribution in [0.4, 0.5) is 0 Å². The van der Waals surface area contributed by atoms with Crippen LogP contribution >= 0.6 is 0 Å². The van der Waals surface area contributed by atoms with Crippen molar-refractivity contribution in [3.8, 4) is 6.07 Å². The van der Waals surface area contributed by atoms with E-state index in [1.54, 1.807) is 6.92 Å². The Kier molecular flexibility index (Phi) is 4.43. The summed E-state index contributed by atoms with van der Waals surface area (Å²) in [7, 11) is 0. The number of nitriles is 1. The molecule has 106 valence electrons. The van der Waals surface area contributed by atoms with E-state index >= 15 is 0 Å². The Hall–Kier alpha value is -1.12. The molecule has 19 heavy (non-hydrogen) atoms. The lowest BCUT2D eigenvalue weighted by atomic mass is 10.00. The van der Waals surface area contributed by atoms with Gasteiger partial charge in [0.2, 0.25) is 5.91 Å². The van der Waals surface area contributed by atoms with Gasteiger partial charge in [0, 0.05) is 6.54 Å². The van der Waals surface area contributed by atoms with Crippen molar-refractivity contribution in [2.24, 2.45) is 5.92 Å². The van der Waals surface area contributed by atoms with Crippen molar-refractivity contribution in [3.63, 3.8) is 0 Å². The molecule has 2 fully saturated rings. The largest absolute Gasteiger partial charge is 0.393 e. The van der Waals surface area contributed by atoms with E-state index in [4.69, 9.17) is 0 Å². The maximum absolute atomic E-state index is 12.0. The Morgan fingerprint density at radius 1 is 1.58 bits per heavy atom. The average Bonchev–Trinajstić information content (AvgIpc) is 2.99. The van der Waals surface area contributed by atoms with Crippen LogP contribution in [0.5, 0.6) is 0 Å². The van der Waals surface area contributed by atoms with Crippen LogP contribution in [0.3, 0.4) is 0 Å². The highest BCUT2D eigenvalue weighted by Crippen LogP contribution is 2.29. The Balaban J connectivity index is 1.81. The van der Waals surface area contributed by atoms with E-state index in [0.717, 1.165) is 45.2 Å². The molecule has 5 nitrogen and oxygen atoms in total. The van der Waals surface area contributed by atoms with E-state index in [2.05, 4.69) is 16.3 Å². The van der Waals surface area contributed by atoms with Gasteiger partial charge in [-0.1, -0.05) is 0 Å². The van der Waals surface area contributed by atoms with E-state index in [9.17, 15) is 15.2 Å². The molecule has 2 atom stereocenters. The number of nitrogens with zero attached hydrogens (tertiary/aromatic N) is 2. The van der Waals surface area contributed by atoms with E-state index < -0.39 is 5.54 Å². The van der Waals surface area contributed by atoms with Gasteiger partial charge in [-0.25, -0.2) is 0 Å². The van der Waals surface area contributed by atoms with Gasteiger partial charge in [0.1, 0.15) is 5.54 Å². The lowest BCUT2D eigenvalue weighted by Crippen LogP contribution is -2.48. The molecule has 1 aliphatic carbocycles. The number of hydrogen-bond donors (Lipinski definition) is 2. The SMILES string of the molecule is CC(O)C1CCN(CC(=O)NC2(C#N)CCCC2)C1. The van der Waals surface area contributed by atoms with Crippen LogP contribution in [-0.2, 0) is 4.79 Å². The molecule has 1 heterocycles. The highest BCUT2D eigenvalue weighted by atomic mass is 16.3. The first-order valence-electron chi connectivity index (χ1n) is 7.17. The normalized spacial score (nSPS) is 27.9. The molecule has 1 aliphatic heterocycles. The molecule has 0 aromatic rings. The Morgan fingerprint density at radius 3 is 2.79 bits per heavy atom. The van der Waals surface area contributed by atoms with Crippen LogP contribution < -0.4 is 5.32 Å². The van der Waals surface area contributed by atoms with Crippen LogP contribution in [0.1, 0.15) is 39.0 Å². The van der Waals surface area contributed by atoms with Crippen molar-refractivity contribution in [2.75, 3.05) is 19.6 Å².